The molecule has 0 unspecified atom stereocenters. The molecule has 1 saturated heterocycles. The topological polar surface area (TPSA) is 56.7 Å². The summed E-state index contributed by atoms with van der Waals surface area (Å²) >= 11 is 0. The molecule has 2 rings (SSSR count). The van der Waals surface area contributed by atoms with E-state index in [1.807, 2.05) is 37.3 Å². The number of nitrogens with one attached hydrogen (secondary N) is 2. The summed E-state index contributed by atoms with van der Waals surface area (Å²) in [6.07, 6.45) is 4.57. The van der Waals surface area contributed by atoms with E-state index < -0.39 is 0 Å². The highest BCUT2D eigenvalue weighted by Gasteiger charge is 2.15. The Morgan fingerprint density at radius 1 is 1.18 bits per heavy atom. The normalized spacial score (nSPS) is 15.5. The highest BCUT2D eigenvalue weighted by Crippen LogP contribution is 2.12. The van der Waals surface area contributed by atoms with Gasteiger partial charge >= 0.3 is 0 Å². The number of likely N-dealkylation sites (tertiary alicyclic amines) is 1. The fraction of sp³-hybridized carbons (Fsp3) is 0.529. The zero-order valence-electron chi connectivity index (χ0n) is 13.3. The minimum absolute atomic E-state index is 0.0220. The lowest BCUT2D eigenvalue weighted by molar-refractivity contribution is -0.119. The number of anilines is 1. The maximum Gasteiger partial charge on any atom is 0.241 e. The molecule has 1 aliphatic rings. The molecule has 0 aromatic heterocycles. The Kier molecular flexibility index (Phi) is 6.74. The molecule has 120 valence electrons. The Hall–Kier alpha value is -2.04. The second-order valence-corrected chi connectivity index (χ2v) is 5.53. The highest BCUT2D eigenvalue weighted by molar-refractivity contribution is 5.95. The van der Waals surface area contributed by atoms with E-state index in [2.05, 4.69) is 20.5 Å². The number of guanidine groups is 1. The lowest BCUT2D eigenvalue weighted by atomic mass is 10.1. The maximum atomic E-state index is 11.8. The molecule has 2 N–H and O–H groups in total. The molecule has 0 atom stereocenters. The quantitative estimate of drug-likeness (QED) is 0.649. The first-order valence-electron chi connectivity index (χ1n) is 8.17. The van der Waals surface area contributed by atoms with Crippen molar-refractivity contribution in [2.75, 3.05) is 31.5 Å². The van der Waals surface area contributed by atoms with Gasteiger partial charge in [-0.05, 0) is 37.8 Å². The van der Waals surface area contributed by atoms with Crippen LogP contribution in [0.15, 0.2) is 35.3 Å². The smallest absolute Gasteiger partial charge is 0.241 e. The van der Waals surface area contributed by atoms with Crippen LogP contribution in [0.1, 0.15) is 32.6 Å². The zero-order valence-corrected chi connectivity index (χ0v) is 13.3. The molecule has 22 heavy (non-hydrogen) atoms. The molecule has 1 aliphatic heterocycles. The van der Waals surface area contributed by atoms with Gasteiger partial charge in [-0.3, -0.25) is 4.79 Å². The molecular weight excluding hydrogens is 276 g/mol. The van der Waals surface area contributed by atoms with E-state index in [-0.39, 0.29) is 12.5 Å². The summed E-state index contributed by atoms with van der Waals surface area (Å²) in [6, 6.07) is 9.99. The molecule has 5 heteroatoms. The molecule has 1 heterocycles. The second-order valence-electron chi connectivity index (χ2n) is 5.53. The van der Waals surface area contributed by atoms with E-state index >= 15 is 0 Å². The Morgan fingerprint density at radius 2 is 1.91 bits per heavy atom. The van der Waals surface area contributed by atoms with Crippen molar-refractivity contribution in [3.8, 4) is 0 Å². The van der Waals surface area contributed by atoms with Gasteiger partial charge in [-0.15, -0.1) is 0 Å². The standard InChI is InChI=1S/C17H26N4O/c1-2-11-18-16(22)14-19-17(21-12-7-4-8-13-21)20-15-9-5-3-6-10-15/h3,5-6,9-10H,2,4,7-8,11-14H2,1H3,(H,18,22)(H,19,20). The number of carbonyl (C=O) groups excluding carboxylic acids is 1. The fourth-order valence-electron chi connectivity index (χ4n) is 2.44. The number of hydrogen-bond donors (Lipinski definition) is 2. The van der Waals surface area contributed by atoms with E-state index in [4.69, 9.17) is 0 Å². The Morgan fingerprint density at radius 3 is 2.59 bits per heavy atom. The van der Waals surface area contributed by atoms with Crippen molar-refractivity contribution in [1.82, 2.24) is 10.2 Å². The Balaban J connectivity index is 2.01. The van der Waals surface area contributed by atoms with Crippen LogP contribution in [0.2, 0.25) is 0 Å². The summed E-state index contributed by atoms with van der Waals surface area (Å²) in [5.41, 5.74) is 1.00. The minimum atomic E-state index is -0.0220. The number of hydrogen-bond acceptors (Lipinski definition) is 2. The molecule has 0 radical (unpaired) electrons. The van der Waals surface area contributed by atoms with Crippen LogP contribution in [0.25, 0.3) is 0 Å². The lowest BCUT2D eigenvalue weighted by Crippen LogP contribution is -2.41. The first-order valence-corrected chi connectivity index (χ1v) is 8.17. The molecule has 0 bridgehead atoms. The fourth-order valence-corrected chi connectivity index (χ4v) is 2.44. The maximum absolute atomic E-state index is 11.8. The molecular formula is C17H26N4O. The SMILES string of the molecule is CCCNC(=O)CN=C(Nc1ccccc1)N1CCCCC1. The van der Waals surface area contributed by atoms with Crippen LogP contribution in [-0.4, -0.2) is 42.9 Å². The van der Waals surface area contributed by atoms with Gasteiger partial charge in [0.15, 0.2) is 5.96 Å². The van der Waals surface area contributed by atoms with Gasteiger partial charge in [-0.25, -0.2) is 4.99 Å². The summed E-state index contributed by atoms with van der Waals surface area (Å²) < 4.78 is 0. The van der Waals surface area contributed by atoms with Gasteiger partial charge in [0.25, 0.3) is 0 Å². The monoisotopic (exact) mass is 302 g/mol. The predicted octanol–water partition coefficient (Wildman–Crippen LogP) is 2.47. The van der Waals surface area contributed by atoms with Gasteiger partial charge in [0.2, 0.25) is 5.91 Å². The van der Waals surface area contributed by atoms with Crippen molar-refractivity contribution in [2.24, 2.45) is 4.99 Å². The predicted molar refractivity (Wildman–Crippen MR) is 91.1 cm³/mol. The van der Waals surface area contributed by atoms with Crippen molar-refractivity contribution in [3.05, 3.63) is 30.3 Å². The summed E-state index contributed by atoms with van der Waals surface area (Å²) in [7, 11) is 0. The summed E-state index contributed by atoms with van der Waals surface area (Å²) in [6.45, 7) is 4.91. The third-order valence-corrected chi connectivity index (χ3v) is 3.63. The van der Waals surface area contributed by atoms with E-state index in [9.17, 15) is 4.79 Å². The number of carbonyl (C=O) groups is 1. The van der Waals surface area contributed by atoms with Crippen molar-refractivity contribution in [3.63, 3.8) is 0 Å². The van der Waals surface area contributed by atoms with Crippen molar-refractivity contribution in [1.29, 1.82) is 0 Å². The van der Waals surface area contributed by atoms with Crippen LogP contribution in [0.3, 0.4) is 0 Å². The third kappa shape index (κ3) is 5.39. The van der Waals surface area contributed by atoms with Gasteiger partial charge in [0.05, 0.1) is 0 Å². The van der Waals surface area contributed by atoms with Crippen LogP contribution in [-0.2, 0) is 4.79 Å². The van der Waals surface area contributed by atoms with Gasteiger partial charge < -0.3 is 15.5 Å². The van der Waals surface area contributed by atoms with Crippen molar-refractivity contribution >= 4 is 17.6 Å². The average molecular weight is 302 g/mol. The number of nitrogens with zero attached hydrogens (tertiary/aromatic N) is 2. The van der Waals surface area contributed by atoms with Crippen LogP contribution in [0.5, 0.6) is 0 Å². The first-order chi connectivity index (χ1) is 10.8. The van der Waals surface area contributed by atoms with Gasteiger partial charge in [-0.2, -0.15) is 0 Å². The summed E-state index contributed by atoms with van der Waals surface area (Å²) in [5.74, 6) is 0.781. The number of benzene rings is 1. The van der Waals surface area contributed by atoms with E-state index in [1.165, 1.54) is 19.3 Å². The summed E-state index contributed by atoms with van der Waals surface area (Å²) in [4.78, 5) is 18.5. The lowest BCUT2D eigenvalue weighted by Gasteiger charge is -2.30. The molecule has 0 spiro atoms. The van der Waals surface area contributed by atoms with Crippen molar-refractivity contribution in [2.45, 2.75) is 32.6 Å². The molecule has 1 amide bonds. The van der Waals surface area contributed by atoms with Crippen LogP contribution in [0, 0.1) is 0 Å². The molecule has 1 fully saturated rings. The third-order valence-electron chi connectivity index (χ3n) is 3.63. The molecule has 0 aliphatic carbocycles. The Labute approximate surface area is 132 Å². The number of para-hydroxylation sites is 1. The molecule has 5 nitrogen and oxygen atoms in total. The largest absolute Gasteiger partial charge is 0.355 e. The number of aliphatic imine (C=N–C) groups is 1. The molecule has 0 saturated carbocycles. The first kappa shape index (κ1) is 16.3. The van der Waals surface area contributed by atoms with Gasteiger partial charge in [0.1, 0.15) is 6.54 Å². The minimum Gasteiger partial charge on any atom is -0.355 e. The average Bonchev–Trinajstić information content (AvgIpc) is 2.58. The van der Waals surface area contributed by atoms with Gasteiger partial charge in [0, 0.05) is 25.3 Å². The van der Waals surface area contributed by atoms with Crippen LogP contribution >= 0.6 is 0 Å². The second kappa shape index (κ2) is 9.07. The highest BCUT2D eigenvalue weighted by atomic mass is 16.1. The zero-order chi connectivity index (χ0) is 15.6. The van der Waals surface area contributed by atoms with Gasteiger partial charge in [-0.1, -0.05) is 25.1 Å². The van der Waals surface area contributed by atoms with E-state index in [0.29, 0.717) is 6.54 Å². The number of piperidine rings is 1. The number of rotatable bonds is 5. The summed E-state index contributed by atoms with van der Waals surface area (Å²) in [5, 5.41) is 6.22. The van der Waals surface area contributed by atoms with Crippen LogP contribution in [0.4, 0.5) is 5.69 Å². The molecule has 1 aromatic rings. The van der Waals surface area contributed by atoms with Crippen LogP contribution < -0.4 is 10.6 Å². The van der Waals surface area contributed by atoms with E-state index in [1.54, 1.807) is 0 Å². The Bertz CT molecular complexity index is 481. The van der Waals surface area contributed by atoms with E-state index in [0.717, 1.165) is 31.2 Å². The number of amides is 1. The molecule has 1 aromatic carbocycles. The van der Waals surface area contributed by atoms with Crippen molar-refractivity contribution < 1.29 is 4.79 Å².